The van der Waals surface area contributed by atoms with E-state index in [1.807, 2.05) is 24.3 Å². The van der Waals surface area contributed by atoms with E-state index < -0.39 is 21.7 Å². The molecule has 0 bridgehead atoms. The summed E-state index contributed by atoms with van der Waals surface area (Å²) >= 11 is 6.08. The smallest absolute Gasteiger partial charge is 0.235 e. The molecule has 146 valence electrons. The number of carbonyl (C=O) groups is 1. The molecule has 0 aliphatic heterocycles. The lowest BCUT2D eigenvalue weighted by Gasteiger charge is -2.20. The summed E-state index contributed by atoms with van der Waals surface area (Å²) in [4.78, 5) is 12.1. The summed E-state index contributed by atoms with van der Waals surface area (Å²) in [6.07, 6.45) is 2.37. The first-order chi connectivity index (χ1) is 12.8. The first-order valence-electron chi connectivity index (χ1n) is 8.46. The third kappa shape index (κ3) is 6.93. The van der Waals surface area contributed by atoms with Crippen molar-refractivity contribution in [3.8, 4) is 0 Å². The molecule has 0 heterocycles. The number of hydrogen-bond donors (Lipinski definition) is 1. The van der Waals surface area contributed by atoms with Crippen LogP contribution >= 0.6 is 11.6 Å². The van der Waals surface area contributed by atoms with E-state index >= 15 is 0 Å². The quantitative estimate of drug-likeness (QED) is 0.644. The van der Waals surface area contributed by atoms with E-state index in [2.05, 4.69) is 5.32 Å². The second-order valence-electron chi connectivity index (χ2n) is 6.17. The van der Waals surface area contributed by atoms with Gasteiger partial charge in [0, 0.05) is 23.7 Å². The van der Waals surface area contributed by atoms with Crippen molar-refractivity contribution in [2.24, 2.45) is 0 Å². The maximum absolute atomic E-state index is 13.8. The van der Waals surface area contributed by atoms with Gasteiger partial charge in [-0.05, 0) is 30.5 Å². The number of benzene rings is 2. The summed E-state index contributed by atoms with van der Waals surface area (Å²) in [5.74, 6) is -0.942. The Morgan fingerprint density at radius 2 is 1.74 bits per heavy atom. The van der Waals surface area contributed by atoms with Crippen LogP contribution in [0.4, 0.5) is 4.39 Å². The van der Waals surface area contributed by atoms with E-state index in [1.54, 1.807) is 6.07 Å². The molecule has 27 heavy (non-hydrogen) atoms. The largest absolute Gasteiger partial charge is 0.355 e. The fourth-order valence-corrected chi connectivity index (χ4v) is 3.49. The van der Waals surface area contributed by atoms with Gasteiger partial charge in [-0.3, -0.25) is 4.79 Å². The normalized spacial score (nSPS) is 11.6. The van der Waals surface area contributed by atoms with Gasteiger partial charge in [0.05, 0.1) is 12.8 Å². The maximum atomic E-state index is 13.8. The third-order valence-electron chi connectivity index (χ3n) is 4.00. The molecule has 1 amide bonds. The van der Waals surface area contributed by atoms with Gasteiger partial charge >= 0.3 is 0 Å². The van der Waals surface area contributed by atoms with Crippen molar-refractivity contribution < 1.29 is 17.6 Å². The van der Waals surface area contributed by atoms with Crippen LogP contribution in [-0.4, -0.2) is 38.0 Å². The van der Waals surface area contributed by atoms with E-state index in [9.17, 15) is 17.6 Å². The monoisotopic (exact) mass is 412 g/mol. The Balaban J connectivity index is 1.87. The van der Waals surface area contributed by atoms with Crippen LogP contribution in [0.1, 0.15) is 17.5 Å². The summed E-state index contributed by atoms with van der Waals surface area (Å²) in [5, 5.41) is 3.37. The van der Waals surface area contributed by atoms with E-state index in [-0.39, 0.29) is 18.7 Å². The van der Waals surface area contributed by atoms with Gasteiger partial charge in [-0.25, -0.2) is 12.8 Å². The van der Waals surface area contributed by atoms with Crippen LogP contribution in [0.25, 0.3) is 0 Å². The van der Waals surface area contributed by atoms with Gasteiger partial charge in [0.1, 0.15) is 5.82 Å². The summed E-state index contributed by atoms with van der Waals surface area (Å²) in [6, 6.07) is 13.4. The van der Waals surface area contributed by atoms with Crippen molar-refractivity contribution in [3.63, 3.8) is 0 Å². The minimum Gasteiger partial charge on any atom is -0.355 e. The Labute approximate surface area is 164 Å². The lowest BCUT2D eigenvalue weighted by molar-refractivity contribution is -0.121. The zero-order chi connectivity index (χ0) is 19.9. The van der Waals surface area contributed by atoms with Gasteiger partial charge in [-0.1, -0.05) is 48.0 Å². The Hall–Kier alpha value is -1.96. The summed E-state index contributed by atoms with van der Waals surface area (Å²) in [7, 11) is -3.67. The number of carbonyl (C=O) groups excluding carboxylic acids is 1. The Morgan fingerprint density at radius 3 is 2.37 bits per heavy atom. The highest BCUT2D eigenvalue weighted by molar-refractivity contribution is 7.88. The predicted molar refractivity (Wildman–Crippen MR) is 104 cm³/mol. The predicted octanol–water partition coefficient (Wildman–Crippen LogP) is 2.99. The molecule has 2 aromatic carbocycles. The Morgan fingerprint density at radius 1 is 1.11 bits per heavy atom. The number of halogens is 2. The van der Waals surface area contributed by atoms with Crippen LogP contribution < -0.4 is 5.32 Å². The van der Waals surface area contributed by atoms with E-state index in [0.29, 0.717) is 24.4 Å². The number of amides is 1. The molecular weight excluding hydrogens is 391 g/mol. The van der Waals surface area contributed by atoms with Crippen LogP contribution in [0.15, 0.2) is 48.5 Å². The second kappa shape index (κ2) is 9.82. The average molecular weight is 413 g/mol. The van der Waals surface area contributed by atoms with Crippen LogP contribution in [0.3, 0.4) is 0 Å². The van der Waals surface area contributed by atoms with E-state index in [0.717, 1.165) is 16.1 Å². The molecule has 0 unspecified atom stereocenters. The van der Waals surface area contributed by atoms with Crippen LogP contribution in [0.2, 0.25) is 5.02 Å². The second-order valence-corrected chi connectivity index (χ2v) is 8.56. The molecular formula is C19H22ClFN2O3S. The highest BCUT2D eigenvalue weighted by Gasteiger charge is 2.21. The van der Waals surface area contributed by atoms with Crippen LogP contribution in [0, 0.1) is 5.82 Å². The standard InChI is InChI=1S/C19H22ClFN2O3S/c1-27(25,26)23(13-16-8-3-5-11-18(16)21)14-19(24)22-12-6-9-15-7-2-4-10-17(15)20/h2-5,7-8,10-11H,6,9,12-14H2,1H3,(H,22,24). The third-order valence-corrected chi connectivity index (χ3v) is 5.56. The maximum Gasteiger partial charge on any atom is 0.235 e. The van der Waals surface area contributed by atoms with Gasteiger partial charge in [0.25, 0.3) is 0 Å². The molecule has 0 aliphatic carbocycles. The SMILES string of the molecule is CS(=O)(=O)N(CC(=O)NCCCc1ccccc1Cl)Cc1ccccc1F. The van der Waals surface area contributed by atoms with E-state index in [4.69, 9.17) is 11.6 Å². The fraction of sp³-hybridized carbons (Fsp3) is 0.316. The molecule has 0 aromatic heterocycles. The molecule has 1 N–H and O–H groups in total. The van der Waals surface area contributed by atoms with Gasteiger partial charge in [0.15, 0.2) is 0 Å². The zero-order valence-electron chi connectivity index (χ0n) is 15.0. The van der Waals surface area contributed by atoms with Crippen molar-refractivity contribution in [1.82, 2.24) is 9.62 Å². The van der Waals surface area contributed by atoms with Crippen molar-refractivity contribution in [3.05, 3.63) is 70.5 Å². The highest BCUT2D eigenvalue weighted by Crippen LogP contribution is 2.16. The first kappa shape index (κ1) is 21.3. The summed E-state index contributed by atoms with van der Waals surface area (Å²) in [6.45, 7) is -0.167. The lowest BCUT2D eigenvalue weighted by atomic mass is 10.1. The molecule has 2 aromatic rings. The summed E-state index contributed by atoms with van der Waals surface area (Å²) in [5.41, 5.74) is 1.21. The molecule has 0 spiro atoms. The number of nitrogens with one attached hydrogen (secondary N) is 1. The minimum absolute atomic E-state index is 0.196. The molecule has 0 radical (unpaired) electrons. The number of aryl methyl sites for hydroxylation is 1. The Kier molecular flexibility index (Phi) is 7.77. The molecule has 5 nitrogen and oxygen atoms in total. The highest BCUT2D eigenvalue weighted by atomic mass is 35.5. The van der Waals surface area contributed by atoms with Crippen molar-refractivity contribution in [1.29, 1.82) is 0 Å². The van der Waals surface area contributed by atoms with Crippen molar-refractivity contribution >= 4 is 27.5 Å². The van der Waals surface area contributed by atoms with Gasteiger partial charge in [-0.15, -0.1) is 0 Å². The molecule has 0 atom stereocenters. The molecule has 0 saturated carbocycles. The molecule has 0 aliphatic rings. The summed E-state index contributed by atoms with van der Waals surface area (Å²) < 4.78 is 38.6. The number of rotatable bonds is 9. The average Bonchev–Trinajstić information content (AvgIpc) is 2.60. The minimum atomic E-state index is -3.67. The number of hydrogen-bond acceptors (Lipinski definition) is 3. The molecule has 0 fully saturated rings. The van der Waals surface area contributed by atoms with E-state index in [1.165, 1.54) is 18.2 Å². The topological polar surface area (TPSA) is 66.5 Å². The zero-order valence-corrected chi connectivity index (χ0v) is 16.6. The van der Waals surface area contributed by atoms with Crippen LogP contribution in [-0.2, 0) is 27.8 Å². The first-order valence-corrected chi connectivity index (χ1v) is 10.7. The molecule has 8 heteroatoms. The number of sulfonamides is 1. The van der Waals surface area contributed by atoms with Gasteiger partial charge in [-0.2, -0.15) is 4.31 Å². The molecule has 2 rings (SSSR count). The van der Waals surface area contributed by atoms with Gasteiger partial charge < -0.3 is 5.32 Å². The molecule has 0 saturated heterocycles. The fourth-order valence-electron chi connectivity index (χ4n) is 2.53. The van der Waals surface area contributed by atoms with Crippen molar-refractivity contribution in [2.45, 2.75) is 19.4 Å². The Bertz CT molecular complexity index is 890. The lowest BCUT2D eigenvalue weighted by Crippen LogP contribution is -2.40. The van der Waals surface area contributed by atoms with Gasteiger partial charge in [0.2, 0.25) is 15.9 Å². The van der Waals surface area contributed by atoms with Crippen molar-refractivity contribution in [2.75, 3.05) is 19.3 Å². The number of nitrogens with zero attached hydrogens (tertiary/aromatic N) is 1. The van der Waals surface area contributed by atoms with Crippen LogP contribution in [0.5, 0.6) is 0 Å².